The second-order valence-electron chi connectivity index (χ2n) is 2.81. The molecule has 5 heteroatoms. The minimum atomic E-state index is -0.986. The molecule has 4 N–H and O–H groups in total. The molecule has 0 aliphatic rings. The highest BCUT2D eigenvalue weighted by Gasteiger charge is 2.14. The van der Waals surface area contributed by atoms with Crippen LogP contribution < -0.4 is 11.1 Å². The van der Waals surface area contributed by atoms with Crippen molar-refractivity contribution in [1.29, 1.82) is 0 Å². The fraction of sp³-hybridized carbons (Fsp3) is 0.750. The van der Waals surface area contributed by atoms with Crippen LogP contribution in [0, 0.1) is 0 Å². The minimum absolute atomic E-state index is 0.418. The van der Waals surface area contributed by atoms with E-state index in [1.807, 2.05) is 0 Å². The van der Waals surface area contributed by atoms with Crippen molar-refractivity contribution in [3.05, 3.63) is 0 Å². The first kappa shape index (κ1) is 11.9. The van der Waals surface area contributed by atoms with Crippen LogP contribution in [0.15, 0.2) is 0 Å². The minimum Gasteiger partial charge on any atom is -0.480 e. The summed E-state index contributed by atoms with van der Waals surface area (Å²) in [5, 5.41) is 10.9. The summed E-state index contributed by atoms with van der Waals surface area (Å²) in [7, 11) is 0. The standard InChI is InChI=1S/C8H16N2O3/c9-5-3-1-2-4-7(8(12)13)10-6-11/h6-7H,1-5,9H2,(H,10,11)(H,12,13). The molecule has 0 aromatic carbocycles. The predicted octanol–water partition coefficient (Wildman–Crippen LogP) is -0.295. The molecular formula is C8H16N2O3. The number of amides is 1. The van der Waals surface area contributed by atoms with E-state index in [2.05, 4.69) is 5.32 Å². The summed E-state index contributed by atoms with van der Waals surface area (Å²) in [5.41, 5.74) is 5.28. The van der Waals surface area contributed by atoms with Crippen LogP contribution in [0.5, 0.6) is 0 Å². The highest BCUT2D eigenvalue weighted by molar-refractivity contribution is 5.76. The van der Waals surface area contributed by atoms with E-state index in [0.717, 1.165) is 19.3 Å². The van der Waals surface area contributed by atoms with Gasteiger partial charge >= 0.3 is 5.97 Å². The maximum Gasteiger partial charge on any atom is 0.326 e. The number of carbonyl (C=O) groups excluding carboxylic acids is 1. The van der Waals surface area contributed by atoms with Gasteiger partial charge in [0, 0.05) is 0 Å². The topological polar surface area (TPSA) is 92.4 Å². The molecule has 0 saturated heterocycles. The van der Waals surface area contributed by atoms with Crippen molar-refractivity contribution in [3.8, 4) is 0 Å². The first-order chi connectivity index (χ1) is 6.22. The molecular weight excluding hydrogens is 172 g/mol. The van der Waals surface area contributed by atoms with E-state index in [4.69, 9.17) is 10.8 Å². The largest absolute Gasteiger partial charge is 0.480 e. The first-order valence-corrected chi connectivity index (χ1v) is 4.35. The third kappa shape index (κ3) is 6.10. The highest BCUT2D eigenvalue weighted by atomic mass is 16.4. The molecule has 76 valence electrons. The van der Waals surface area contributed by atoms with Gasteiger partial charge in [-0.25, -0.2) is 4.79 Å². The number of rotatable bonds is 8. The number of aliphatic carboxylic acids is 1. The first-order valence-electron chi connectivity index (χ1n) is 4.35. The van der Waals surface area contributed by atoms with Gasteiger partial charge in [0.15, 0.2) is 0 Å². The maximum atomic E-state index is 10.5. The van der Waals surface area contributed by atoms with Crippen LogP contribution in [0.1, 0.15) is 25.7 Å². The quantitative estimate of drug-likeness (QED) is 0.360. The van der Waals surface area contributed by atoms with E-state index >= 15 is 0 Å². The van der Waals surface area contributed by atoms with Crippen molar-refractivity contribution in [1.82, 2.24) is 5.32 Å². The average Bonchev–Trinajstić information content (AvgIpc) is 2.10. The SMILES string of the molecule is NCCCCCC(NC=O)C(=O)O. The zero-order valence-corrected chi connectivity index (χ0v) is 7.53. The maximum absolute atomic E-state index is 10.5. The lowest BCUT2D eigenvalue weighted by Crippen LogP contribution is -2.35. The summed E-state index contributed by atoms with van der Waals surface area (Å²) in [6.07, 6.45) is 3.46. The van der Waals surface area contributed by atoms with Crippen molar-refractivity contribution >= 4 is 12.4 Å². The van der Waals surface area contributed by atoms with Gasteiger partial charge in [-0.3, -0.25) is 4.79 Å². The molecule has 0 heterocycles. The van der Waals surface area contributed by atoms with E-state index in [9.17, 15) is 9.59 Å². The molecule has 0 fully saturated rings. The Morgan fingerprint density at radius 3 is 2.62 bits per heavy atom. The summed E-state index contributed by atoms with van der Waals surface area (Å²) in [5.74, 6) is -0.986. The van der Waals surface area contributed by atoms with E-state index in [0.29, 0.717) is 19.4 Å². The van der Waals surface area contributed by atoms with Gasteiger partial charge in [-0.1, -0.05) is 12.8 Å². The molecule has 0 aliphatic carbocycles. The van der Waals surface area contributed by atoms with Crippen LogP contribution >= 0.6 is 0 Å². The van der Waals surface area contributed by atoms with E-state index in [1.165, 1.54) is 0 Å². The van der Waals surface area contributed by atoms with Crippen molar-refractivity contribution in [2.24, 2.45) is 5.73 Å². The van der Waals surface area contributed by atoms with Crippen LogP contribution in [0.3, 0.4) is 0 Å². The molecule has 0 aliphatic heterocycles. The number of carboxylic acid groups (broad SMARTS) is 1. The third-order valence-corrected chi connectivity index (χ3v) is 1.76. The lowest BCUT2D eigenvalue weighted by atomic mass is 10.1. The van der Waals surface area contributed by atoms with Gasteiger partial charge < -0.3 is 16.2 Å². The zero-order valence-electron chi connectivity index (χ0n) is 7.53. The van der Waals surface area contributed by atoms with Crippen molar-refractivity contribution in [2.45, 2.75) is 31.7 Å². The summed E-state index contributed by atoms with van der Waals surface area (Å²) < 4.78 is 0. The van der Waals surface area contributed by atoms with E-state index in [1.54, 1.807) is 0 Å². The summed E-state index contributed by atoms with van der Waals surface area (Å²) in [4.78, 5) is 20.5. The van der Waals surface area contributed by atoms with Crippen LogP contribution in [0.2, 0.25) is 0 Å². The zero-order chi connectivity index (χ0) is 10.1. The smallest absolute Gasteiger partial charge is 0.326 e. The van der Waals surface area contributed by atoms with Gasteiger partial charge in [-0.05, 0) is 19.4 Å². The molecule has 1 atom stereocenters. The average molecular weight is 188 g/mol. The van der Waals surface area contributed by atoms with Gasteiger partial charge in [0.1, 0.15) is 6.04 Å². The molecule has 0 aromatic heterocycles. The lowest BCUT2D eigenvalue weighted by Gasteiger charge is -2.09. The number of nitrogens with one attached hydrogen (secondary N) is 1. The van der Waals surface area contributed by atoms with E-state index < -0.39 is 12.0 Å². The van der Waals surface area contributed by atoms with Crippen molar-refractivity contribution < 1.29 is 14.7 Å². The Bertz CT molecular complexity index is 161. The van der Waals surface area contributed by atoms with Crippen LogP contribution in [0.25, 0.3) is 0 Å². The predicted molar refractivity (Wildman–Crippen MR) is 48.1 cm³/mol. The van der Waals surface area contributed by atoms with Gasteiger partial charge in [-0.2, -0.15) is 0 Å². The van der Waals surface area contributed by atoms with Gasteiger partial charge in [0.05, 0.1) is 0 Å². The monoisotopic (exact) mass is 188 g/mol. The summed E-state index contributed by atoms with van der Waals surface area (Å²) >= 11 is 0. The van der Waals surface area contributed by atoms with Crippen LogP contribution in [-0.2, 0) is 9.59 Å². The third-order valence-electron chi connectivity index (χ3n) is 1.76. The second-order valence-corrected chi connectivity index (χ2v) is 2.81. The summed E-state index contributed by atoms with van der Waals surface area (Å²) in [6, 6.07) is -0.754. The molecule has 0 aromatic rings. The number of nitrogens with two attached hydrogens (primary N) is 1. The Balaban J connectivity index is 3.56. The normalized spacial score (nSPS) is 12.1. The fourth-order valence-electron chi connectivity index (χ4n) is 1.03. The molecule has 0 bridgehead atoms. The number of unbranched alkanes of at least 4 members (excludes halogenated alkanes) is 2. The number of hydrogen-bond donors (Lipinski definition) is 3. The molecule has 0 spiro atoms. The van der Waals surface area contributed by atoms with Gasteiger partial charge in [0.2, 0.25) is 6.41 Å². The number of carbonyl (C=O) groups is 2. The Morgan fingerprint density at radius 2 is 2.15 bits per heavy atom. The highest BCUT2D eigenvalue weighted by Crippen LogP contribution is 2.02. The van der Waals surface area contributed by atoms with Crippen molar-refractivity contribution in [3.63, 3.8) is 0 Å². The Labute approximate surface area is 77.3 Å². The molecule has 0 rings (SSSR count). The fourth-order valence-corrected chi connectivity index (χ4v) is 1.03. The Hall–Kier alpha value is -1.10. The Morgan fingerprint density at radius 1 is 1.46 bits per heavy atom. The number of hydrogen-bond acceptors (Lipinski definition) is 3. The van der Waals surface area contributed by atoms with E-state index in [-0.39, 0.29) is 0 Å². The van der Waals surface area contributed by atoms with Crippen LogP contribution in [0.4, 0.5) is 0 Å². The molecule has 1 amide bonds. The van der Waals surface area contributed by atoms with Crippen molar-refractivity contribution in [2.75, 3.05) is 6.54 Å². The van der Waals surface area contributed by atoms with Gasteiger partial charge in [-0.15, -0.1) is 0 Å². The molecule has 0 saturated carbocycles. The lowest BCUT2D eigenvalue weighted by molar-refractivity contribution is -0.140. The number of carboxylic acids is 1. The molecule has 1 unspecified atom stereocenters. The molecule has 13 heavy (non-hydrogen) atoms. The molecule has 5 nitrogen and oxygen atoms in total. The second kappa shape index (κ2) is 7.54. The summed E-state index contributed by atoms with van der Waals surface area (Å²) in [6.45, 7) is 0.624. The van der Waals surface area contributed by atoms with Gasteiger partial charge in [0.25, 0.3) is 0 Å². The Kier molecular flexibility index (Phi) is 6.91. The molecule has 0 radical (unpaired) electrons. The van der Waals surface area contributed by atoms with Crippen LogP contribution in [-0.4, -0.2) is 30.1 Å².